The Kier molecular flexibility index (Phi) is 6.17. The van der Waals surface area contributed by atoms with Gasteiger partial charge in [-0.2, -0.15) is 0 Å². The summed E-state index contributed by atoms with van der Waals surface area (Å²) in [5, 5.41) is 12.6. The Bertz CT molecular complexity index is 1060. The fourth-order valence-corrected chi connectivity index (χ4v) is 5.26. The summed E-state index contributed by atoms with van der Waals surface area (Å²) in [6.45, 7) is 4.82. The summed E-state index contributed by atoms with van der Waals surface area (Å²) in [5.74, 6) is -1.08. The SMILES string of the molecule is CCNSc1ccc(F)c(C(=O)Nc2nnc(C3(c4cccc(C)c4)CCC3)s2)c1. The van der Waals surface area contributed by atoms with Crippen molar-refractivity contribution in [3.63, 3.8) is 0 Å². The highest BCUT2D eigenvalue weighted by Crippen LogP contribution is 2.50. The molecule has 156 valence electrons. The van der Waals surface area contributed by atoms with Gasteiger partial charge in [-0.15, -0.1) is 10.2 Å². The van der Waals surface area contributed by atoms with E-state index in [4.69, 9.17) is 0 Å². The van der Waals surface area contributed by atoms with Crippen LogP contribution in [0.25, 0.3) is 0 Å². The first-order chi connectivity index (χ1) is 14.5. The van der Waals surface area contributed by atoms with Gasteiger partial charge in [-0.05, 0) is 55.5 Å². The molecule has 1 aromatic heterocycles. The Morgan fingerprint density at radius 3 is 2.77 bits per heavy atom. The van der Waals surface area contributed by atoms with Gasteiger partial charge in [-0.1, -0.05) is 54.5 Å². The predicted molar refractivity (Wildman–Crippen MR) is 120 cm³/mol. The number of aryl methyl sites for hydroxylation is 1. The third kappa shape index (κ3) is 4.12. The second-order valence-electron chi connectivity index (χ2n) is 7.41. The maximum atomic E-state index is 14.2. The van der Waals surface area contributed by atoms with Crippen molar-refractivity contribution in [3.05, 3.63) is 70.0 Å². The van der Waals surface area contributed by atoms with E-state index in [-0.39, 0.29) is 11.0 Å². The molecule has 1 aliphatic rings. The van der Waals surface area contributed by atoms with Crippen LogP contribution in [-0.4, -0.2) is 22.6 Å². The molecule has 0 saturated heterocycles. The number of halogens is 1. The van der Waals surface area contributed by atoms with Gasteiger partial charge in [-0.25, -0.2) is 4.39 Å². The van der Waals surface area contributed by atoms with Crippen molar-refractivity contribution in [2.75, 3.05) is 11.9 Å². The molecule has 1 heterocycles. The van der Waals surface area contributed by atoms with E-state index < -0.39 is 11.7 Å². The maximum absolute atomic E-state index is 14.2. The molecule has 1 aliphatic carbocycles. The Hall–Kier alpha value is -2.29. The van der Waals surface area contributed by atoms with Gasteiger partial charge in [0, 0.05) is 16.9 Å². The lowest BCUT2D eigenvalue weighted by atomic mass is 9.65. The minimum Gasteiger partial charge on any atom is -0.296 e. The van der Waals surface area contributed by atoms with Gasteiger partial charge < -0.3 is 0 Å². The van der Waals surface area contributed by atoms with Crippen LogP contribution >= 0.6 is 23.3 Å². The lowest BCUT2D eigenvalue weighted by Crippen LogP contribution is -2.35. The molecule has 8 heteroatoms. The van der Waals surface area contributed by atoms with Gasteiger partial charge in [0.15, 0.2) is 0 Å². The standard InChI is InChI=1S/C22H23FN4OS2/c1-3-24-30-16-8-9-18(23)17(13-16)19(28)25-21-27-26-20(29-21)22(10-5-11-22)15-7-4-6-14(2)12-15/h4,6-9,12-13,24H,3,5,10-11H2,1-2H3,(H,25,27,28). The summed E-state index contributed by atoms with van der Waals surface area (Å²) >= 11 is 2.73. The molecule has 1 saturated carbocycles. The summed E-state index contributed by atoms with van der Waals surface area (Å²) < 4.78 is 17.3. The highest BCUT2D eigenvalue weighted by Gasteiger charge is 2.43. The summed E-state index contributed by atoms with van der Waals surface area (Å²) in [6, 6.07) is 13.0. The molecule has 0 aliphatic heterocycles. The molecule has 1 fully saturated rings. The largest absolute Gasteiger partial charge is 0.296 e. The Morgan fingerprint density at radius 1 is 1.23 bits per heavy atom. The normalized spacial score (nSPS) is 14.9. The maximum Gasteiger partial charge on any atom is 0.260 e. The number of rotatable bonds is 7. The minimum absolute atomic E-state index is 0.00769. The average Bonchev–Trinajstić information content (AvgIpc) is 3.15. The first-order valence-corrected chi connectivity index (χ1v) is 11.6. The highest BCUT2D eigenvalue weighted by atomic mass is 32.2. The molecule has 2 aromatic carbocycles. The average molecular weight is 443 g/mol. The van der Waals surface area contributed by atoms with Crippen LogP contribution in [0.1, 0.15) is 52.7 Å². The van der Waals surface area contributed by atoms with E-state index >= 15 is 0 Å². The molecular formula is C22H23FN4OS2. The van der Waals surface area contributed by atoms with E-state index in [0.717, 1.165) is 35.7 Å². The number of anilines is 1. The van der Waals surface area contributed by atoms with Crippen LogP contribution in [0.5, 0.6) is 0 Å². The predicted octanol–water partition coefficient (Wildman–Crippen LogP) is 5.32. The van der Waals surface area contributed by atoms with E-state index in [0.29, 0.717) is 5.13 Å². The van der Waals surface area contributed by atoms with Gasteiger partial charge in [0.05, 0.1) is 5.56 Å². The molecule has 0 radical (unpaired) electrons. The van der Waals surface area contributed by atoms with E-state index in [9.17, 15) is 9.18 Å². The quantitative estimate of drug-likeness (QED) is 0.485. The lowest BCUT2D eigenvalue weighted by molar-refractivity contribution is 0.102. The fourth-order valence-electron chi connectivity index (χ4n) is 3.63. The number of nitrogens with one attached hydrogen (secondary N) is 2. The van der Waals surface area contributed by atoms with E-state index in [1.165, 1.54) is 40.5 Å². The topological polar surface area (TPSA) is 66.9 Å². The molecule has 0 bridgehead atoms. The number of carbonyl (C=O) groups excluding carboxylic acids is 1. The Labute approximate surface area is 183 Å². The third-order valence-electron chi connectivity index (χ3n) is 5.35. The van der Waals surface area contributed by atoms with Gasteiger partial charge in [0.25, 0.3) is 5.91 Å². The first-order valence-electron chi connectivity index (χ1n) is 9.93. The van der Waals surface area contributed by atoms with Crippen molar-refractivity contribution in [1.29, 1.82) is 0 Å². The zero-order valence-electron chi connectivity index (χ0n) is 16.9. The number of carbonyl (C=O) groups is 1. The van der Waals surface area contributed by atoms with Crippen molar-refractivity contribution >= 4 is 34.3 Å². The van der Waals surface area contributed by atoms with Crippen LogP contribution in [0.4, 0.5) is 9.52 Å². The molecule has 0 atom stereocenters. The molecule has 4 rings (SSSR count). The lowest BCUT2D eigenvalue weighted by Gasteiger charge is -2.40. The van der Waals surface area contributed by atoms with Gasteiger partial charge in [0.1, 0.15) is 10.8 Å². The fraction of sp³-hybridized carbons (Fsp3) is 0.318. The monoisotopic (exact) mass is 442 g/mol. The van der Waals surface area contributed by atoms with Crippen molar-refractivity contribution in [2.24, 2.45) is 0 Å². The number of hydrogen-bond acceptors (Lipinski definition) is 6. The van der Waals surface area contributed by atoms with Crippen LogP contribution in [0.2, 0.25) is 0 Å². The van der Waals surface area contributed by atoms with Gasteiger partial charge >= 0.3 is 0 Å². The smallest absolute Gasteiger partial charge is 0.260 e. The second-order valence-corrected chi connectivity index (χ2v) is 9.35. The number of aromatic nitrogens is 2. The van der Waals surface area contributed by atoms with Crippen molar-refractivity contribution in [1.82, 2.24) is 14.9 Å². The zero-order valence-corrected chi connectivity index (χ0v) is 18.5. The zero-order chi connectivity index (χ0) is 21.1. The van der Waals surface area contributed by atoms with Gasteiger partial charge in [0.2, 0.25) is 5.13 Å². The van der Waals surface area contributed by atoms with E-state index in [1.54, 1.807) is 12.1 Å². The van der Waals surface area contributed by atoms with Crippen LogP contribution in [0, 0.1) is 12.7 Å². The van der Waals surface area contributed by atoms with E-state index in [1.807, 2.05) is 6.92 Å². The first kappa shape index (κ1) is 21.0. The molecule has 2 N–H and O–H groups in total. The molecule has 5 nitrogen and oxygen atoms in total. The Morgan fingerprint density at radius 2 is 2.07 bits per heavy atom. The number of benzene rings is 2. The van der Waals surface area contributed by atoms with Crippen molar-refractivity contribution in [2.45, 2.75) is 43.4 Å². The second kappa shape index (κ2) is 8.83. The highest BCUT2D eigenvalue weighted by molar-refractivity contribution is 7.97. The van der Waals surface area contributed by atoms with Crippen LogP contribution in [0.3, 0.4) is 0 Å². The van der Waals surface area contributed by atoms with Crippen LogP contribution < -0.4 is 10.0 Å². The summed E-state index contributed by atoms with van der Waals surface area (Å²) in [6.07, 6.45) is 3.16. The molecule has 30 heavy (non-hydrogen) atoms. The summed E-state index contributed by atoms with van der Waals surface area (Å²) in [7, 11) is 0. The Balaban J connectivity index is 1.54. The number of hydrogen-bond donors (Lipinski definition) is 2. The minimum atomic E-state index is -0.562. The summed E-state index contributed by atoms with van der Waals surface area (Å²) in [4.78, 5) is 13.4. The molecule has 1 amide bonds. The molecule has 0 unspecified atom stereocenters. The third-order valence-corrected chi connectivity index (χ3v) is 7.31. The van der Waals surface area contributed by atoms with Gasteiger partial charge in [-0.3, -0.25) is 14.8 Å². The molecule has 0 spiro atoms. The van der Waals surface area contributed by atoms with Crippen LogP contribution in [-0.2, 0) is 5.41 Å². The van der Waals surface area contributed by atoms with E-state index in [2.05, 4.69) is 51.4 Å². The number of nitrogens with zero attached hydrogens (tertiary/aromatic N) is 2. The van der Waals surface area contributed by atoms with Crippen molar-refractivity contribution in [3.8, 4) is 0 Å². The van der Waals surface area contributed by atoms with Crippen molar-refractivity contribution < 1.29 is 9.18 Å². The summed E-state index contributed by atoms with van der Waals surface area (Å²) in [5.41, 5.74) is 2.30. The molecule has 3 aromatic rings. The number of amides is 1. The van der Waals surface area contributed by atoms with Crippen LogP contribution in [0.15, 0.2) is 47.4 Å². The molecular weight excluding hydrogens is 419 g/mol.